The fourth-order valence-corrected chi connectivity index (χ4v) is 16.6. The Labute approximate surface area is 457 Å². The molecule has 4 heterocycles. The molecule has 0 aromatic heterocycles. The molecule has 25 nitrogen and oxygen atoms in total. The van der Waals surface area contributed by atoms with E-state index in [2.05, 4.69) is 40.7 Å². The Morgan fingerprint density at radius 1 is 0.557 bits per heavy atom. The number of fused-ring (bicyclic) bond motifs is 7. The van der Waals surface area contributed by atoms with Crippen LogP contribution in [0.15, 0.2) is 11.6 Å². The van der Waals surface area contributed by atoms with Gasteiger partial charge in [0.25, 0.3) is 0 Å². The van der Waals surface area contributed by atoms with E-state index in [0.29, 0.717) is 44.9 Å². The molecule has 0 spiro atoms. The van der Waals surface area contributed by atoms with Crippen molar-refractivity contribution in [2.24, 2.45) is 50.2 Å². The maximum Gasteiger partial charge on any atom is 0.335 e. The Morgan fingerprint density at radius 2 is 1.08 bits per heavy atom. The number of carbonyl (C=O) groups excluding carboxylic acids is 1. The Kier molecular flexibility index (Phi) is 17.1. The van der Waals surface area contributed by atoms with Crippen molar-refractivity contribution in [1.29, 1.82) is 0 Å². The Hall–Kier alpha value is -2.16. The summed E-state index contributed by atoms with van der Waals surface area (Å²) in [6, 6.07) is 0. The number of carboxylic acid groups (broad SMARTS) is 1. The zero-order valence-corrected chi connectivity index (χ0v) is 45.8. The van der Waals surface area contributed by atoms with Crippen molar-refractivity contribution in [1.82, 2.24) is 0 Å². The van der Waals surface area contributed by atoms with E-state index >= 15 is 0 Å². The van der Waals surface area contributed by atoms with E-state index in [-0.39, 0.29) is 30.1 Å². The topological polar surface area (TPSA) is 411 Å². The number of rotatable bonds is 12. The first-order chi connectivity index (χ1) is 36.9. The summed E-state index contributed by atoms with van der Waals surface area (Å²) in [7, 11) is 0. The molecule has 4 aliphatic heterocycles. The SMILES string of the molecule is CC1(C)CC[C@]2(C(=O)O[C@@H]3O[C@H](CO)[C@@H](O)[C@H](O)[C@H]3O)[C@@H](O)C[C@]3(C)C(=CC[C@@H]4[C@@]5(C)CC[C@H](O[C@@H]6O[C@H](C(=O)O)[C@@H](O)[C@H](O[C@@H]7O[C@H](CO)[C@H](O)[C@H](O)[C@H]7O)[C@H]6O[C@@H]6O[C@H](CO)[C@@H](O)[C@H](O)[C@H]6O)C(C)(C)[C@@H]5CC[C@]43C)[C@@H]2C1. The second kappa shape index (κ2) is 22.0. The maximum absolute atomic E-state index is 14.8. The quantitative estimate of drug-likeness (QED) is 0.0527. The lowest BCUT2D eigenvalue weighted by Gasteiger charge is -2.71. The maximum atomic E-state index is 14.8. The van der Waals surface area contributed by atoms with Crippen molar-refractivity contribution in [3.05, 3.63) is 11.6 Å². The highest BCUT2D eigenvalue weighted by molar-refractivity contribution is 5.80. The number of ether oxygens (including phenoxy) is 8. The molecule has 0 amide bonds. The van der Waals surface area contributed by atoms with Gasteiger partial charge < -0.3 is 114 Å². The molecule has 8 fully saturated rings. The summed E-state index contributed by atoms with van der Waals surface area (Å²) in [5, 5.41) is 162. The highest BCUT2D eigenvalue weighted by Gasteiger charge is 2.72. The molecule has 9 rings (SSSR count). The van der Waals surface area contributed by atoms with Gasteiger partial charge in [-0.1, -0.05) is 60.1 Å². The van der Waals surface area contributed by atoms with E-state index in [9.17, 15) is 86.2 Å². The summed E-state index contributed by atoms with van der Waals surface area (Å²) in [6.07, 6.45) is -32.1. The fourth-order valence-electron chi connectivity index (χ4n) is 16.6. The van der Waals surface area contributed by atoms with E-state index in [4.69, 9.17) is 37.9 Å². The first kappa shape index (κ1) is 61.4. The van der Waals surface area contributed by atoms with Crippen LogP contribution in [-0.2, 0) is 47.5 Å². The summed E-state index contributed by atoms with van der Waals surface area (Å²) < 4.78 is 48.0. The van der Waals surface area contributed by atoms with Crippen molar-refractivity contribution in [3.8, 4) is 0 Å². The number of hydrogen-bond acceptors (Lipinski definition) is 24. The van der Waals surface area contributed by atoms with Gasteiger partial charge in [-0.05, 0) is 103 Å². The predicted molar refractivity (Wildman–Crippen MR) is 265 cm³/mol. The molecule has 25 heteroatoms. The van der Waals surface area contributed by atoms with Gasteiger partial charge in [-0.2, -0.15) is 0 Å². The Balaban J connectivity index is 1.02. The van der Waals surface area contributed by atoms with Crippen LogP contribution in [0, 0.1) is 50.2 Å². The lowest BCUT2D eigenvalue weighted by atomic mass is 9.33. The van der Waals surface area contributed by atoms with Crippen molar-refractivity contribution in [2.75, 3.05) is 19.8 Å². The summed E-state index contributed by atoms with van der Waals surface area (Å²) >= 11 is 0. The zero-order valence-electron chi connectivity index (χ0n) is 45.8. The van der Waals surface area contributed by atoms with Crippen LogP contribution in [0.1, 0.15) is 106 Å². The molecule has 4 saturated carbocycles. The van der Waals surface area contributed by atoms with Crippen LogP contribution in [0.3, 0.4) is 0 Å². The molecular weight excluding hydrogens is 1050 g/mol. The number of allylic oxidation sites excluding steroid dienone is 2. The van der Waals surface area contributed by atoms with E-state index in [1.807, 2.05) is 13.8 Å². The molecule has 0 unspecified atom stereocenters. The van der Waals surface area contributed by atoms with Crippen molar-refractivity contribution in [3.63, 3.8) is 0 Å². The van der Waals surface area contributed by atoms with Crippen LogP contribution in [0.4, 0.5) is 0 Å². The first-order valence-corrected chi connectivity index (χ1v) is 27.9. The molecule has 0 radical (unpaired) electrons. The number of carbonyl (C=O) groups is 2. The fraction of sp³-hybridized carbons (Fsp3) is 0.926. The highest BCUT2D eigenvalue weighted by Crippen LogP contribution is 2.76. The normalized spacial score (nSPS) is 53.3. The van der Waals surface area contributed by atoms with Gasteiger partial charge in [0.15, 0.2) is 25.0 Å². The second-order valence-electron chi connectivity index (χ2n) is 26.4. The number of aliphatic hydroxyl groups excluding tert-OH is 14. The third kappa shape index (κ3) is 9.85. The van der Waals surface area contributed by atoms with Gasteiger partial charge >= 0.3 is 11.9 Å². The van der Waals surface area contributed by atoms with E-state index in [1.165, 1.54) is 0 Å². The van der Waals surface area contributed by atoms with E-state index in [0.717, 1.165) is 5.57 Å². The summed E-state index contributed by atoms with van der Waals surface area (Å²) in [5.74, 6) is -3.07. The number of hydrogen-bond donors (Lipinski definition) is 15. The van der Waals surface area contributed by atoms with Crippen molar-refractivity contribution in [2.45, 2.75) is 241 Å². The summed E-state index contributed by atoms with van der Waals surface area (Å²) in [5.41, 5.74) is -2.95. The standard InChI is InChI=1S/C54H86O25/c1-49(2)14-15-54(48(71)79-46-38(67)35(64)32(61)25(20-57)74-46)22(16-49)21-8-9-27-51(5)12-11-29(50(3,4)26(51)10-13-52(27,6)53(21,7)17-28(54)58)75-47-42(78-45-37(66)34(63)31(60)24(19-56)73-45)40(39(68)41(77-47)43(69)70)76-44-36(65)33(62)30(59)23(18-55)72-44/h8,22-42,44-47,55-68H,9-20H2,1-7H3,(H,69,70)/t22-,23+,24+,25+,26-,27+,28-,29-,30-,31+,32+,33-,34-,35-,36+,37+,38+,39-,40-,41-,42+,44-,45-,46-,47+,51-,52+,53+,54+/m0/s1. The number of aliphatic carboxylic acids is 1. The van der Waals surface area contributed by atoms with Crippen LogP contribution in [0.25, 0.3) is 0 Å². The Morgan fingerprint density at radius 3 is 1.61 bits per heavy atom. The van der Waals surface area contributed by atoms with Gasteiger partial charge in [0.2, 0.25) is 6.29 Å². The van der Waals surface area contributed by atoms with Gasteiger partial charge in [0.05, 0.1) is 32.0 Å². The molecule has 0 aromatic rings. The molecule has 452 valence electrons. The molecule has 5 aliphatic carbocycles. The smallest absolute Gasteiger partial charge is 0.335 e. The average molecular weight is 1140 g/mol. The molecule has 0 aromatic carbocycles. The molecule has 4 saturated heterocycles. The van der Waals surface area contributed by atoms with E-state index in [1.54, 1.807) is 0 Å². The second-order valence-corrected chi connectivity index (χ2v) is 26.4. The molecule has 29 atom stereocenters. The number of carboxylic acids is 1. The molecule has 0 bridgehead atoms. The minimum atomic E-state index is -2.18. The van der Waals surface area contributed by atoms with Gasteiger partial charge in [0.1, 0.15) is 97.0 Å². The Bertz CT molecular complexity index is 2230. The first-order valence-electron chi connectivity index (χ1n) is 27.9. The van der Waals surface area contributed by atoms with Crippen molar-refractivity contribution >= 4 is 11.9 Å². The molecule has 9 aliphatic rings. The predicted octanol–water partition coefficient (Wildman–Crippen LogP) is -2.97. The van der Waals surface area contributed by atoms with Crippen molar-refractivity contribution < 1.29 is 124 Å². The van der Waals surface area contributed by atoms with Gasteiger partial charge in [0, 0.05) is 0 Å². The third-order valence-corrected chi connectivity index (χ3v) is 21.4. The summed E-state index contributed by atoms with van der Waals surface area (Å²) in [4.78, 5) is 27.8. The lowest BCUT2D eigenvalue weighted by molar-refractivity contribution is -0.396. The van der Waals surface area contributed by atoms with Crippen LogP contribution < -0.4 is 0 Å². The van der Waals surface area contributed by atoms with Crippen LogP contribution in [0.5, 0.6) is 0 Å². The van der Waals surface area contributed by atoms with Crippen LogP contribution in [-0.4, -0.2) is 243 Å². The average Bonchev–Trinajstić information content (AvgIpc) is 3.58. The highest BCUT2D eigenvalue weighted by atomic mass is 16.8. The monoisotopic (exact) mass is 1130 g/mol. The van der Waals surface area contributed by atoms with Gasteiger partial charge in [-0.15, -0.1) is 0 Å². The lowest BCUT2D eigenvalue weighted by Crippen LogP contribution is -2.69. The zero-order chi connectivity index (χ0) is 58.0. The van der Waals surface area contributed by atoms with Gasteiger partial charge in [-0.25, -0.2) is 4.79 Å². The summed E-state index contributed by atoms with van der Waals surface area (Å²) in [6.45, 7) is 12.6. The number of esters is 1. The minimum absolute atomic E-state index is 0.00106. The minimum Gasteiger partial charge on any atom is -0.479 e. The van der Waals surface area contributed by atoms with E-state index < -0.39 is 200 Å². The molecule has 15 N–H and O–H groups in total. The molecule has 79 heavy (non-hydrogen) atoms. The molecular formula is C54H86O25. The van der Waals surface area contributed by atoms with Crippen LogP contribution >= 0.6 is 0 Å². The van der Waals surface area contributed by atoms with Crippen LogP contribution in [0.2, 0.25) is 0 Å². The third-order valence-electron chi connectivity index (χ3n) is 21.4. The largest absolute Gasteiger partial charge is 0.479 e. The van der Waals surface area contributed by atoms with Gasteiger partial charge in [-0.3, -0.25) is 4.79 Å². The number of aliphatic hydroxyl groups is 14.